The molecule has 0 unspecified atom stereocenters. The molecule has 1 aliphatic rings. The lowest BCUT2D eigenvalue weighted by atomic mass is 9.92. The topological polar surface area (TPSA) is 104 Å². The van der Waals surface area contributed by atoms with E-state index in [0.29, 0.717) is 10.8 Å². The van der Waals surface area contributed by atoms with E-state index in [1.54, 1.807) is 24.3 Å². The molecule has 7 nitrogen and oxygen atoms in total. The Kier molecular flexibility index (Phi) is 5.18. The van der Waals surface area contributed by atoms with Crippen LogP contribution in [0.1, 0.15) is 31.2 Å². The molecular weight excluding hydrogens is 340 g/mol. The molecular formula is C17H18N4O3S. The van der Waals surface area contributed by atoms with Crippen molar-refractivity contribution in [2.75, 3.05) is 16.4 Å². The van der Waals surface area contributed by atoms with Gasteiger partial charge in [0.05, 0.1) is 11.5 Å². The summed E-state index contributed by atoms with van der Waals surface area (Å²) in [6.45, 7) is 2.02. The van der Waals surface area contributed by atoms with Crippen LogP contribution in [0.15, 0.2) is 40.3 Å². The Balaban J connectivity index is 1.91. The third-order valence-electron chi connectivity index (χ3n) is 3.73. The van der Waals surface area contributed by atoms with Crippen LogP contribution >= 0.6 is 11.8 Å². The van der Waals surface area contributed by atoms with E-state index in [-0.39, 0.29) is 23.7 Å². The van der Waals surface area contributed by atoms with Crippen LogP contribution < -0.4 is 16.2 Å². The Bertz CT molecular complexity index is 851. The Labute approximate surface area is 148 Å². The van der Waals surface area contributed by atoms with Crippen LogP contribution in [0.25, 0.3) is 0 Å². The number of benzene rings is 1. The molecule has 0 spiro atoms. The highest BCUT2D eigenvalue weighted by atomic mass is 32.2. The van der Waals surface area contributed by atoms with Crippen LogP contribution in [-0.4, -0.2) is 27.5 Å². The smallest absolute Gasteiger partial charge is 0.257 e. The molecule has 130 valence electrons. The molecule has 0 fully saturated rings. The van der Waals surface area contributed by atoms with Crippen molar-refractivity contribution in [1.82, 2.24) is 9.97 Å². The summed E-state index contributed by atoms with van der Waals surface area (Å²) in [6.07, 6.45) is 0.845. The minimum absolute atomic E-state index is 0.0854. The number of carbonyl (C=O) groups excluding carboxylic acids is 2. The molecule has 1 aliphatic heterocycles. The van der Waals surface area contributed by atoms with Crippen LogP contribution in [0.3, 0.4) is 0 Å². The molecule has 0 radical (unpaired) electrons. The Morgan fingerprint density at radius 1 is 1.32 bits per heavy atom. The fraction of sp³-hybridized carbons (Fsp3) is 0.294. The summed E-state index contributed by atoms with van der Waals surface area (Å²) in [7, 11) is 0. The van der Waals surface area contributed by atoms with Crippen molar-refractivity contribution in [3.63, 3.8) is 0 Å². The normalized spacial score (nSPS) is 16.0. The average molecular weight is 358 g/mol. The molecule has 3 N–H and O–H groups in total. The van der Waals surface area contributed by atoms with E-state index < -0.39 is 17.4 Å². The van der Waals surface area contributed by atoms with Gasteiger partial charge in [0.25, 0.3) is 5.56 Å². The van der Waals surface area contributed by atoms with Gasteiger partial charge in [0.1, 0.15) is 5.82 Å². The van der Waals surface area contributed by atoms with Crippen LogP contribution in [0.5, 0.6) is 0 Å². The van der Waals surface area contributed by atoms with Gasteiger partial charge in [-0.25, -0.2) is 4.98 Å². The maximum Gasteiger partial charge on any atom is 0.257 e. The fourth-order valence-corrected chi connectivity index (χ4v) is 3.31. The van der Waals surface area contributed by atoms with Crippen LogP contribution in [0.4, 0.5) is 11.5 Å². The number of nitrogens with one attached hydrogen (secondary N) is 3. The molecule has 2 aromatic rings. The third kappa shape index (κ3) is 3.90. The van der Waals surface area contributed by atoms with Crippen molar-refractivity contribution < 1.29 is 9.59 Å². The van der Waals surface area contributed by atoms with Crippen LogP contribution in [0.2, 0.25) is 0 Å². The highest BCUT2D eigenvalue weighted by molar-refractivity contribution is 7.99. The van der Waals surface area contributed by atoms with Gasteiger partial charge in [-0.15, -0.1) is 0 Å². The van der Waals surface area contributed by atoms with Gasteiger partial charge in [-0.3, -0.25) is 14.4 Å². The number of H-pyrrole nitrogens is 1. The molecule has 0 saturated heterocycles. The van der Waals surface area contributed by atoms with E-state index in [1.807, 2.05) is 13.0 Å². The molecule has 1 atom stereocenters. The number of rotatable bonds is 5. The number of para-hydroxylation sites is 1. The molecule has 0 aliphatic carbocycles. The molecule has 0 bridgehead atoms. The summed E-state index contributed by atoms with van der Waals surface area (Å²) in [5.41, 5.74) is 0.422. The second-order valence-corrected chi connectivity index (χ2v) is 6.73. The van der Waals surface area contributed by atoms with Gasteiger partial charge in [0.15, 0.2) is 5.16 Å². The minimum Gasteiger partial charge on any atom is -0.326 e. The number of hydrogen-bond acceptors (Lipinski definition) is 5. The van der Waals surface area contributed by atoms with Gasteiger partial charge in [0.2, 0.25) is 11.8 Å². The van der Waals surface area contributed by atoms with E-state index in [9.17, 15) is 14.4 Å². The zero-order chi connectivity index (χ0) is 17.8. The number of aromatic amines is 1. The largest absolute Gasteiger partial charge is 0.326 e. The van der Waals surface area contributed by atoms with Gasteiger partial charge in [0, 0.05) is 17.9 Å². The SMILES string of the molecule is CCCSc1nc2c(c(=O)[nH]1)[C@@H](C(=O)Nc1ccccc1)CC(=O)N2. The lowest BCUT2D eigenvalue weighted by molar-refractivity contribution is -0.123. The summed E-state index contributed by atoms with van der Waals surface area (Å²) in [5.74, 6) is -0.626. The number of amides is 2. The predicted octanol–water partition coefficient (Wildman–Crippen LogP) is 2.34. The van der Waals surface area contributed by atoms with E-state index in [2.05, 4.69) is 20.6 Å². The molecule has 1 aromatic heterocycles. The molecule has 8 heteroatoms. The van der Waals surface area contributed by atoms with Gasteiger partial charge in [-0.05, 0) is 18.6 Å². The summed E-state index contributed by atoms with van der Waals surface area (Å²) in [6, 6.07) is 8.91. The van der Waals surface area contributed by atoms with Gasteiger partial charge in [-0.2, -0.15) is 0 Å². The van der Waals surface area contributed by atoms with Crippen molar-refractivity contribution in [2.45, 2.75) is 30.8 Å². The van der Waals surface area contributed by atoms with Gasteiger partial charge in [-0.1, -0.05) is 36.9 Å². The summed E-state index contributed by atoms with van der Waals surface area (Å²) in [5, 5.41) is 5.79. The number of nitrogens with zero attached hydrogens (tertiary/aromatic N) is 1. The summed E-state index contributed by atoms with van der Waals surface area (Å²) < 4.78 is 0. The third-order valence-corrected chi connectivity index (χ3v) is 4.81. The molecule has 0 saturated carbocycles. The maximum absolute atomic E-state index is 12.6. The average Bonchev–Trinajstić information content (AvgIpc) is 2.59. The molecule has 3 rings (SSSR count). The number of anilines is 2. The first-order valence-corrected chi connectivity index (χ1v) is 8.99. The molecule has 2 amide bonds. The number of hydrogen-bond donors (Lipinski definition) is 3. The monoisotopic (exact) mass is 358 g/mol. The fourth-order valence-electron chi connectivity index (χ4n) is 2.59. The van der Waals surface area contributed by atoms with Crippen LogP contribution in [-0.2, 0) is 9.59 Å². The highest BCUT2D eigenvalue weighted by Crippen LogP contribution is 2.30. The Morgan fingerprint density at radius 2 is 2.08 bits per heavy atom. The Morgan fingerprint density at radius 3 is 2.80 bits per heavy atom. The molecule has 1 aromatic carbocycles. The lowest BCUT2D eigenvalue weighted by Gasteiger charge is -2.23. The standard InChI is InChI=1S/C17H18N4O3S/c1-2-8-25-17-20-14-13(16(24)21-17)11(9-12(22)19-14)15(23)18-10-6-4-3-5-7-10/h3-7,11H,2,8-9H2,1H3,(H,18,23)(H2,19,20,21,22,24)/t11-/m0/s1. The number of thioether (sulfide) groups is 1. The van der Waals surface area contributed by atoms with E-state index in [1.165, 1.54) is 11.8 Å². The highest BCUT2D eigenvalue weighted by Gasteiger charge is 2.34. The maximum atomic E-state index is 12.6. The minimum atomic E-state index is -0.870. The lowest BCUT2D eigenvalue weighted by Crippen LogP contribution is -2.36. The zero-order valence-corrected chi connectivity index (χ0v) is 14.5. The molecule has 25 heavy (non-hydrogen) atoms. The zero-order valence-electron chi connectivity index (χ0n) is 13.7. The summed E-state index contributed by atoms with van der Waals surface area (Å²) >= 11 is 1.40. The van der Waals surface area contributed by atoms with Crippen molar-refractivity contribution in [3.8, 4) is 0 Å². The second-order valence-electron chi connectivity index (χ2n) is 5.64. The predicted molar refractivity (Wildman–Crippen MR) is 96.9 cm³/mol. The number of fused-ring (bicyclic) bond motifs is 1. The first-order chi connectivity index (χ1) is 12.1. The quantitative estimate of drug-likeness (QED) is 0.562. The van der Waals surface area contributed by atoms with E-state index in [0.717, 1.165) is 12.2 Å². The first kappa shape index (κ1) is 17.2. The van der Waals surface area contributed by atoms with Crippen molar-refractivity contribution in [1.29, 1.82) is 0 Å². The van der Waals surface area contributed by atoms with E-state index in [4.69, 9.17) is 0 Å². The number of carbonyl (C=O) groups is 2. The van der Waals surface area contributed by atoms with E-state index >= 15 is 0 Å². The Hall–Kier alpha value is -2.61. The second kappa shape index (κ2) is 7.52. The van der Waals surface area contributed by atoms with Crippen LogP contribution in [0, 0.1) is 0 Å². The molecule has 2 heterocycles. The van der Waals surface area contributed by atoms with Crippen molar-refractivity contribution in [3.05, 3.63) is 46.2 Å². The van der Waals surface area contributed by atoms with Gasteiger partial charge >= 0.3 is 0 Å². The first-order valence-electron chi connectivity index (χ1n) is 8.01. The summed E-state index contributed by atoms with van der Waals surface area (Å²) in [4.78, 5) is 44.1. The van der Waals surface area contributed by atoms with Crippen molar-refractivity contribution in [2.24, 2.45) is 0 Å². The van der Waals surface area contributed by atoms with Gasteiger partial charge < -0.3 is 15.6 Å². The van der Waals surface area contributed by atoms with Crippen molar-refractivity contribution >= 4 is 35.1 Å². The number of aromatic nitrogens is 2.